The van der Waals surface area contributed by atoms with E-state index < -0.39 is 0 Å². The van der Waals surface area contributed by atoms with Crippen molar-refractivity contribution in [3.63, 3.8) is 0 Å². The Hall–Kier alpha value is -3.28. The Balaban J connectivity index is 1.48. The zero-order valence-corrected chi connectivity index (χ0v) is 15.4. The maximum Gasteiger partial charge on any atom is 0.274 e. The molecule has 0 radical (unpaired) electrons. The van der Waals surface area contributed by atoms with Crippen LogP contribution in [0.3, 0.4) is 0 Å². The van der Waals surface area contributed by atoms with Crippen LogP contribution in [0.5, 0.6) is 0 Å². The summed E-state index contributed by atoms with van der Waals surface area (Å²) in [6, 6.07) is 11.6. The van der Waals surface area contributed by atoms with Crippen LogP contribution in [0.2, 0.25) is 0 Å². The number of nitrogens with one attached hydrogen (secondary N) is 1. The summed E-state index contributed by atoms with van der Waals surface area (Å²) in [5, 5.41) is 2.92. The zero-order chi connectivity index (χ0) is 18.8. The summed E-state index contributed by atoms with van der Waals surface area (Å²) in [7, 11) is 0. The van der Waals surface area contributed by atoms with E-state index in [4.69, 9.17) is 0 Å². The second kappa shape index (κ2) is 7.15. The van der Waals surface area contributed by atoms with E-state index in [1.807, 2.05) is 42.6 Å². The molecule has 1 aliphatic rings. The molecule has 0 aliphatic carbocycles. The van der Waals surface area contributed by atoms with Crippen molar-refractivity contribution in [1.82, 2.24) is 15.0 Å². The molecule has 6 heteroatoms. The van der Waals surface area contributed by atoms with Gasteiger partial charge >= 0.3 is 0 Å². The first-order chi connectivity index (χ1) is 13.1. The molecule has 1 aliphatic heterocycles. The van der Waals surface area contributed by atoms with E-state index >= 15 is 0 Å². The number of amides is 1. The van der Waals surface area contributed by atoms with Crippen molar-refractivity contribution in [2.24, 2.45) is 0 Å². The van der Waals surface area contributed by atoms with E-state index in [2.05, 4.69) is 39.0 Å². The van der Waals surface area contributed by atoms with E-state index in [9.17, 15) is 4.79 Å². The minimum Gasteiger partial charge on any atom is -0.361 e. The molecule has 27 heavy (non-hydrogen) atoms. The van der Waals surface area contributed by atoms with Crippen LogP contribution in [-0.2, 0) is 13.1 Å². The van der Waals surface area contributed by atoms with Gasteiger partial charge in [0, 0.05) is 35.9 Å². The minimum atomic E-state index is -0.217. The number of rotatable bonds is 4. The van der Waals surface area contributed by atoms with Crippen molar-refractivity contribution in [1.29, 1.82) is 0 Å². The number of nitrogens with zero attached hydrogens (tertiary/aromatic N) is 4. The van der Waals surface area contributed by atoms with Gasteiger partial charge in [0.05, 0.1) is 12.2 Å². The van der Waals surface area contributed by atoms with Crippen molar-refractivity contribution in [3.05, 3.63) is 77.6 Å². The average Bonchev–Trinajstić information content (AvgIpc) is 3.13. The molecule has 0 atom stereocenters. The molecular formula is C21H21N5O. The van der Waals surface area contributed by atoms with Crippen LogP contribution in [-0.4, -0.2) is 20.9 Å². The lowest BCUT2D eigenvalue weighted by Crippen LogP contribution is -2.18. The molecule has 3 aromatic rings. The molecular weight excluding hydrogens is 338 g/mol. The minimum absolute atomic E-state index is 0.217. The van der Waals surface area contributed by atoms with E-state index in [0.29, 0.717) is 18.2 Å². The Morgan fingerprint density at radius 3 is 2.67 bits per heavy atom. The normalized spacial score (nSPS) is 12.9. The molecule has 0 saturated heterocycles. The van der Waals surface area contributed by atoms with Gasteiger partial charge in [-0.25, -0.2) is 9.97 Å². The third kappa shape index (κ3) is 3.65. The van der Waals surface area contributed by atoms with Gasteiger partial charge in [0.2, 0.25) is 0 Å². The van der Waals surface area contributed by atoms with Gasteiger partial charge in [0.1, 0.15) is 12.0 Å². The molecule has 1 N–H and O–H groups in total. The highest BCUT2D eigenvalue weighted by atomic mass is 16.1. The number of fused-ring (bicyclic) bond motifs is 1. The van der Waals surface area contributed by atoms with Crippen LogP contribution in [0.15, 0.2) is 55.1 Å². The smallest absolute Gasteiger partial charge is 0.274 e. The first-order valence-corrected chi connectivity index (χ1v) is 9.00. The fourth-order valence-electron chi connectivity index (χ4n) is 3.17. The first-order valence-electron chi connectivity index (χ1n) is 9.00. The Kier molecular flexibility index (Phi) is 4.54. The number of benzene rings is 1. The monoisotopic (exact) mass is 359 g/mol. The highest BCUT2D eigenvalue weighted by Crippen LogP contribution is 2.26. The quantitative estimate of drug-likeness (QED) is 0.768. The molecule has 0 unspecified atom stereocenters. The molecule has 2 aromatic heterocycles. The second-order valence-corrected chi connectivity index (χ2v) is 6.98. The van der Waals surface area contributed by atoms with Gasteiger partial charge in [-0.3, -0.25) is 9.78 Å². The van der Waals surface area contributed by atoms with E-state index in [0.717, 1.165) is 29.2 Å². The van der Waals surface area contributed by atoms with Gasteiger partial charge in [-0.2, -0.15) is 0 Å². The van der Waals surface area contributed by atoms with Crippen molar-refractivity contribution in [2.75, 3.05) is 10.2 Å². The van der Waals surface area contributed by atoms with Crippen LogP contribution >= 0.6 is 0 Å². The molecule has 0 saturated carbocycles. The van der Waals surface area contributed by atoms with Crippen molar-refractivity contribution >= 4 is 17.3 Å². The third-order valence-corrected chi connectivity index (χ3v) is 4.76. The van der Waals surface area contributed by atoms with Gasteiger partial charge < -0.3 is 10.2 Å². The lowest BCUT2D eigenvalue weighted by molar-refractivity contribution is 0.102. The Bertz CT molecular complexity index is 943. The summed E-state index contributed by atoms with van der Waals surface area (Å²) in [5.41, 5.74) is 5.49. The lowest BCUT2D eigenvalue weighted by atomic mass is 10.0. The number of carbonyl (C=O) groups excluding carboxylic acids is 1. The maximum absolute atomic E-state index is 12.6. The van der Waals surface area contributed by atoms with Gasteiger partial charge in [0.15, 0.2) is 0 Å². The van der Waals surface area contributed by atoms with E-state index in [1.165, 1.54) is 5.56 Å². The molecule has 136 valence electrons. The molecule has 6 nitrogen and oxygen atoms in total. The van der Waals surface area contributed by atoms with Crippen molar-refractivity contribution in [3.8, 4) is 0 Å². The Morgan fingerprint density at radius 2 is 1.93 bits per heavy atom. The summed E-state index contributed by atoms with van der Waals surface area (Å²) < 4.78 is 0. The summed E-state index contributed by atoms with van der Waals surface area (Å²) in [4.78, 5) is 27.4. The molecule has 1 aromatic carbocycles. The highest BCUT2D eigenvalue weighted by molar-refractivity contribution is 6.03. The van der Waals surface area contributed by atoms with Gasteiger partial charge in [-0.15, -0.1) is 0 Å². The average molecular weight is 359 g/mol. The topological polar surface area (TPSA) is 71.0 Å². The van der Waals surface area contributed by atoms with Gasteiger partial charge in [-0.05, 0) is 35.7 Å². The summed E-state index contributed by atoms with van der Waals surface area (Å²) in [5.74, 6) is 0.244. The maximum atomic E-state index is 12.6. The van der Waals surface area contributed by atoms with Crippen molar-refractivity contribution in [2.45, 2.75) is 32.9 Å². The predicted molar refractivity (Wildman–Crippen MR) is 105 cm³/mol. The van der Waals surface area contributed by atoms with E-state index in [-0.39, 0.29) is 5.91 Å². The third-order valence-electron chi connectivity index (χ3n) is 4.76. The summed E-state index contributed by atoms with van der Waals surface area (Å²) >= 11 is 0. The van der Waals surface area contributed by atoms with Crippen LogP contribution in [0, 0.1) is 0 Å². The summed E-state index contributed by atoms with van der Waals surface area (Å²) in [6.45, 7) is 5.73. The van der Waals surface area contributed by atoms with Crippen molar-refractivity contribution < 1.29 is 4.79 Å². The predicted octanol–water partition coefficient (Wildman–Crippen LogP) is 3.77. The van der Waals surface area contributed by atoms with E-state index in [1.54, 1.807) is 12.5 Å². The SMILES string of the molecule is CC(C)c1ccc(NC(=O)c2cc(N3Cc4cncnc4C3)ccn2)cc1. The summed E-state index contributed by atoms with van der Waals surface area (Å²) in [6.07, 6.45) is 5.08. The fraction of sp³-hybridized carbons (Fsp3) is 0.238. The fourth-order valence-corrected chi connectivity index (χ4v) is 3.17. The standard InChI is InChI=1S/C21H21N5O/c1-14(2)15-3-5-17(6-4-15)25-21(27)19-9-18(7-8-23-19)26-11-16-10-22-13-24-20(16)12-26/h3-10,13-14H,11-12H2,1-2H3,(H,25,27). The first kappa shape index (κ1) is 17.1. The molecule has 3 heterocycles. The van der Waals surface area contributed by atoms with Crippen LogP contribution in [0.4, 0.5) is 11.4 Å². The number of aromatic nitrogens is 3. The number of hydrogen-bond acceptors (Lipinski definition) is 5. The molecule has 4 rings (SSSR count). The Labute approximate surface area is 158 Å². The number of hydrogen-bond donors (Lipinski definition) is 1. The van der Waals surface area contributed by atoms with Gasteiger partial charge in [0.25, 0.3) is 5.91 Å². The van der Waals surface area contributed by atoms with Gasteiger partial charge in [-0.1, -0.05) is 26.0 Å². The molecule has 0 spiro atoms. The van der Waals surface area contributed by atoms with Crippen LogP contribution in [0.25, 0.3) is 0 Å². The number of pyridine rings is 1. The number of carbonyl (C=O) groups is 1. The van der Waals surface area contributed by atoms with Crippen LogP contribution in [0.1, 0.15) is 47.1 Å². The lowest BCUT2D eigenvalue weighted by Gasteiger charge is -2.17. The molecule has 1 amide bonds. The zero-order valence-electron chi connectivity index (χ0n) is 15.4. The molecule has 0 fully saturated rings. The second-order valence-electron chi connectivity index (χ2n) is 6.98. The molecule has 0 bridgehead atoms. The van der Waals surface area contributed by atoms with Crippen LogP contribution < -0.4 is 10.2 Å². The largest absolute Gasteiger partial charge is 0.361 e. The highest BCUT2D eigenvalue weighted by Gasteiger charge is 2.21. The Morgan fingerprint density at radius 1 is 1.11 bits per heavy atom. The number of anilines is 2.